The number of nitrogens with zero attached hydrogens (tertiary/aromatic N) is 2. The van der Waals surface area contributed by atoms with E-state index in [9.17, 15) is 0 Å². The van der Waals surface area contributed by atoms with E-state index in [1.807, 2.05) is 0 Å². The second kappa shape index (κ2) is 22.4. The van der Waals surface area contributed by atoms with Gasteiger partial charge in [-0.3, -0.25) is 0 Å². The van der Waals surface area contributed by atoms with Gasteiger partial charge in [-0.05, 0) is 145 Å². The van der Waals surface area contributed by atoms with Crippen molar-refractivity contribution in [2.75, 3.05) is 9.80 Å². The third kappa shape index (κ3) is 9.52. The summed E-state index contributed by atoms with van der Waals surface area (Å²) >= 11 is 0. The first-order chi connectivity index (χ1) is 40.7. The fraction of sp³-hybridized carbons (Fsp3) is 0.0886. The van der Waals surface area contributed by atoms with Crippen molar-refractivity contribution in [3.8, 4) is 77.9 Å². The third-order valence-corrected chi connectivity index (χ3v) is 16.9. The lowest BCUT2D eigenvalue weighted by Crippen LogP contribution is -2.61. The van der Waals surface area contributed by atoms with Gasteiger partial charge in [0.05, 0.1) is 11.4 Å². The maximum Gasteiger partial charge on any atom is 0.252 e. The minimum atomic E-state index is -0.124. The molecule has 2 aliphatic rings. The highest BCUT2D eigenvalue weighted by Gasteiger charge is 2.45. The van der Waals surface area contributed by atoms with Crippen molar-refractivity contribution in [2.24, 2.45) is 0 Å². The van der Waals surface area contributed by atoms with E-state index in [4.69, 9.17) is 0 Å². The molecule has 2 aliphatic heterocycles. The van der Waals surface area contributed by atoms with Crippen LogP contribution in [0.25, 0.3) is 77.9 Å². The zero-order valence-electron chi connectivity index (χ0n) is 46.4. The molecular formula is C79H63BN2. The SMILES string of the molecule is CCCCCCCc1cc2c3c(c1)N(c1c(-c4ccccc4)cc(-c4ccccc4)cc1-c1ccccc1)c1ccc(-c4ccccc4)cc1B3c1cc(-c3ccccc3)ccc1N2c1ccc(-c2ccccc2)cc1-c1ccccc1. The summed E-state index contributed by atoms with van der Waals surface area (Å²) in [5.41, 5.74) is 29.0. The van der Waals surface area contributed by atoms with E-state index in [0.29, 0.717) is 0 Å². The molecule has 2 heterocycles. The molecule has 0 N–H and O–H groups in total. The van der Waals surface area contributed by atoms with Crippen molar-refractivity contribution in [1.29, 1.82) is 0 Å². The fourth-order valence-corrected chi connectivity index (χ4v) is 13.0. The average Bonchev–Trinajstić information content (AvgIpc) is 1.72. The molecule has 0 amide bonds. The number of aryl methyl sites for hydroxylation is 1. The van der Waals surface area contributed by atoms with Crippen LogP contribution in [0.2, 0.25) is 0 Å². The van der Waals surface area contributed by atoms with Gasteiger partial charge in [0, 0.05) is 39.4 Å². The Bertz CT molecular complexity index is 4140. The van der Waals surface area contributed by atoms with Gasteiger partial charge in [0.25, 0.3) is 6.71 Å². The monoisotopic (exact) mass is 1050 g/mol. The van der Waals surface area contributed by atoms with Gasteiger partial charge in [-0.2, -0.15) is 0 Å². The van der Waals surface area contributed by atoms with Crippen molar-refractivity contribution in [1.82, 2.24) is 0 Å². The standard InChI is InChI=1S/C79H63BN2/c1-2-3-4-5-13-28-56-49-76-78-77(50-56)82(79-69(62-39-24-11-25-40-62)52-67(60-35-20-9-21-36-60)53-70(79)63-41-26-12-27-42-63)75-48-45-66(59-33-18-8-19-34-59)55-72(75)80(78)71-54-65(58-31-16-7-17-32-58)44-47-74(71)81(76)73-46-43-64(57-29-14-6-15-30-57)51-68(73)61-37-22-10-23-38-61/h6-12,14-27,29-55H,2-5,13,28H2,1H3. The highest BCUT2D eigenvalue weighted by Crippen LogP contribution is 2.53. The van der Waals surface area contributed by atoms with Gasteiger partial charge < -0.3 is 9.80 Å². The minimum absolute atomic E-state index is 0.124. The maximum atomic E-state index is 2.69. The summed E-state index contributed by atoms with van der Waals surface area (Å²) in [7, 11) is 0. The Morgan fingerprint density at radius 3 is 1.07 bits per heavy atom. The fourth-order valence-electron chi connectivity index (χ4n) is 13.0. The molecule has 0 spiro atoms. The van der Waals surface area contributed by atoms with E-state index in [-0.39, 0.29) is 6.71 Å². The molecule has 12 aromatic carbocycles. The summed E-state index contributed by atoms with van der Waals surface area (Å²) in [4.78, 5) is 5.34. The van der Waals surface area contributed by atoms with Gasteiger partial charge in [0.2, 0.25) is 0 Å². The number of benzene rings is 12. The summed E-state index contributed by atoms with van der Waals surface area (Å²) in [6, 6.07) is 109. The smallest absolute Gasteiger partial charge is 0.252 e. The number of rotatable bonds is 15. The Balaban J connectivity index is 1.12. The van der Waals surface area contributed by atoms with Crippen molar-refractivity contribution < 1.29 is 0 Å². The summed E-state index contributed by atoms with van der Waals surface area (Å²) < 4.78 is 0. The number of hydrogen-bond acceptors (Lipinski definition) is 2. The van der Waals surface area contributed by atoms with Crippen molar-refractivity contribution in [3.63, 3.8) is 0 Å². The molecule has 14 rings (SSSR count). The first-order valence-electron chi connectivity index (χ1n) is 29.4. The van der Waals surface area contributed by atoms with Crippen LogP contribution in [0.4, 0.5) is 34.1 Å². The third-order valence-electron chi connectivity index (χ3n) is 16.9. The van der Waals surface area contributed by atoms with Crippen LogP contribution in [0.1, 0.15) is 44.6 Å². The van der Waals surface area contributed by atoms with Gasteiger partial charge >= 0.3 is 0 Å². The molecular weight excluding hydrogens is 988 g/mol. The van der Waals surface area contributed by atoms with Gasteiger partial charge in [-0.15, -0.1) is 0 Å². The van der Waals surface area contributed by atoms with E-state index in [0.717, 1.165) is 18.5 Å². The first-order valence-corrected chi connectivity index (χ1v) is 29.4. The Morgan fingerprint density at radius 2 is 0.622 bits per heavy atom. The second-order valence-electron chi connectivity index (χ2n) is 22.1. The number of unbranched alkanes of at least 4 members (excludes halogenated alkanes) is 4. The zero-order chi connectivity index (χ0) is 54.8. The van der Waals surface area contributed by atoms with E-state index in [1.54, 1.807) is 0 Å². The van der Waals surface area contributed by atoms with Crippen LogP contribution < -0.4 is 26.2 Å². The highest BCUT2D eigenvalue weighted by molar-refractivity contribution is 7.00. The molecule has 2 nitrogen and oxygen atoms in total. The van der Waals surface area contributed by atoms with Crippen molar-refractivity contribution >= 4 is 57.2 Å². The van der Waals surface area contributed by atoms with Gasteiger partial charge in [0.15, 0.2) is 0 Å². The largest absolute Gasteiger partial charge is 0.311 e. The molecule has 82 heavy (non-hydrogen) atoms. The molecule has 0 atom stereocenters. The lowest BCUT2D eigenvalue weighted by Gasteiger charge is -2.46. The highest BCUT2D eigenvalue weighted by atomic mass is 15.2. The molecule has 12 aromatic rings. The molecule has 0 aliphatic carbocycles. The second-order valence-corrected chi connectivity index (χ2v) is 22.1. The summed E-state index contributed by atoms with van der Waals surface area (Å²) in [5, 5.41) is 0. The van der Waals surface area contributed by atoms with Crippen LogP contribution >= 0.6 is 0 Å². The maximum absolute atomic E-state index is 2.69. The molecule has 0 fully saturated rings. The number of anilines is 6. The Morgan fingerprint density at radius 1 is 0.268 bits per heavy atom. The van der Waals surface area contributed by atoms with Gasteiger partial charge in [-0.25, -0.2) is 0 Å². The Kier molecular flexibility index (Phi) is 13.8. The van der Waals surface area contributed by atoms with Crippen molar-refractivity contribution in [2.45, 2.75) is 45.4 Å². The molecule has 0 saturated carbocycles. The number of hydrogen-bond donors (Lipinski definition) is 0. The molecule has 0 unspecified atom stereocenters. The lowest BCUT2D eigenvalue weighted by molar-refractivity contribution is 0.632. The predicted octanol–water partition coefficient (Wildman–Crippen LogP) is 20.0. The lowest BCUT2D eigenvalue weighted by atomic mass is 9.33. The number of fused-ring (bicyclic) bond motifs is 4. The molecule has 0 saturated heterocycles. The summed E-state index contributed by atoms with van der Waals surface area (Å²) in [6.07, 6.45) is 7.00. The van der Waals surface area contributed by atoms with Crippen LogP contribution in [0, 0.1) is 0 Å². The van der Waals surface area contributed by atoms with Crippen LogP contribution in [0.3, 0.4) is 0 Å². The topological polar surface area (TPSA) is 6.48 Å². The minimum Gasteiger partial charge on any atom is -0.311 e. The first kappa shape index (κ1) is 50.5. The Labute approximate surface area is 484 Å². The summed E-state index contributed by atoms with van der Waals surface area (Å²) in [5.74, 6) is 0. The van der Waals surface area contributed by atoms with Crippen molar-refractivity contribution in [3.05, 3.63) is 297 Å². The molecule has 0 aromatic heterocycles. The normalized spacial score (nSPS) is 12.2. The molecule has 3 heteroatoms. The quantitative estimate of drug-likeness (QED) is 0.0746. The molecule has 0 radical (unpaired) electrons. The average molecular weight is 1050 g/mol. The van der Waals surface area contributed by atoms with E-state index in [1.165, 1.54) is 154 Å². The van der Waals surface area contributed by atoms with Crippen LogP contribution in [-0.2, 0) is 6.42 Å². The van der Waals surface area contributed by atoms with Crippen LogP contribution in [0.15, 0.2) is 291 Å². The van der Waals surface area contributed by atoms with Crippen LogP contribution in [0.5, 0.6) is 0 Å². The van der Waals surface area contributed by atoms with E-state index in [2.05, 4.69) is 308 Å². The van der Waals surface area contributed by atoms with Gasteiger partial charge in [-0.1, -0.05) is 275 Å². The zero-order valence-corrected chi connectivity index (χ0v) is 46.4. The van der Waals surface area contributed by atoms with E-state index < -0.39 is 0 Å². The molecule has 0 bridgehead atoms. The Hall–Kier alpha value is -9.70. The van der Waals surface area contributed by atoms with E-state index >= 15 is 0 Å². The molecule has 392 valence electrons. The van der Waals surface area contributed by atoms with Crippen LogP contribution in [-0.4, -0.2) is 6.71 Å². The van der Waals surface area contributed by atoms with Gasteiger partial charge in [0.1, 0.15) is 0 Å². The summed E-state index contributed by atoms with van der Waals surface area (Å²) in [6.45, 7) is 2.19. The predicted molar refractivity (Wildman–Crippen MR) is 351 cm³/mol.